The SMILES string of the molecule is Cc1ccc(F)c(CNc2nc(=NC3CC3)n3nc/c(=C\c4[nH]c(=O)[nH]c4O)c3n2)c1F. The van der Waals surface area contributed by atoms with Crippen molar-refractivity contribution in [3.63, 3.8) is 0 Å². The van der Waals surface area contributed by atoms with Crippen molar-refractivity contribution in [2.75, 3.05) is 5.32 Å². The number of aromatic hydroxyl groups is 1. The Kier molecular flexibility index (Phi) is 4.68. The third kappa shape index (κ3) is 3.70. The Morgan fingerprint density at radius 2 is 2.12 bits per heavy atom. The van der Waals surface area contributed by atoms with Crippen molar-refractivity contribution in [1.29, 1.82) is 0 Å². The minimum atomic E-state index is -0.671. The van der Waals surface area contributed by atoms with Crippen LogP contribution in [-0.4, -0.2) is 40.7 Å². The molecule has 4 aromatic rings. The summed E-state index contributed by atoms with van der Waals surface area (Å²) in [6.45, 7) is 1.39. The molecule has 0 aliphatic heterocycles. The van der Waals surface area contributed by atoms with Crippen LogP contribution in [0.25, 0.3) is 11.7 Å². The number of hydrogen-bond donors (Lipinski definition) is 4. The number of H-pyrrole nitrogens is 2. The number of aromatic nitrogens is 6. The van der Waals surface area contributed by atoms with Crippen molar-refractivity contribution < 1.29 is 13.9 Å². The maximum Gasteiger partial charge on any atom is 0.326 e. The second-order valence-corrected chi connectivity index (χ2v) is 7.54. The van der Waals surface area contributed by atoms with Gasteiger partial charge in [0.25, 0.3) is 5.62 Å². The van der Waals surface area contributed by atoms with Crippen LogP contribution in [0.1, 0.15) is 29.7 Å². The van der Waals surface area contributed by atoms with Gasteiger partial charge in [-0.1, -0.05) is 6.07 Å². The van der Waals surface area contributed by atoms with E-state index in [1.807, 2.05) is 0 Å². The Morgan fingerprint density at radius 1 is 1.31 bits per heavy atom. The van der Waals surface area contributed by atoms with Gasteiger partial charge in [-0.15, -0.1) is 0 Å². The number of rotatable bonds is 5. The molecule has 164 valence electrons. The van der Waals surface area contributed by atoms with Crippen molar-refractivity contribution >= 4 is 17.7 Å². The molecule has 32 heavy (non-hydrogen) atoms. The second kappa shape index (κ2) is 7.55. The van der Waals surface area contributed by atoms with E-state index in [2.05, 4.69) is 35.3 Å². The fourth-order valence-corrected chi connectivity index (χ4v) is 3.20. The first-order valence-corrected chi connectivity index (χ1v) is 9.89. The van der Waals surface area contributed by atoms with Gasteiger partial charge in [0.1, 0.15) is 17.3 Å². The van der Waals surface area contributed by atoms with Crippen molar-refractivity contribution in [2.24, 2.45) is 4.99 Å². The molecule has 0 spiro atoms. The predicted molar refractivity (Wildman–Crippen MR) is 110 cm³/mol. The zero-order chi connectivity index (χ0) is 22.4. The summed E-state index contributed by atoms with van der Waals surface area (Å²) in [7, 11) is 0. The van der Waals surface area contributed by atoms with E-state index in [0.717, 1.165) is 12.8 Å². The monoisotopic (exact) mass is 440 g/mol. The maximum absolute atomic E-state index is 14.4. The third-order valence-corrected chi connectivity index (χ3v) is 5.06. The lowest BCUT2D eigenvalue weighted by Gasteiger charge is -2.09. The summed E-state index contributed by atoms with van der Waals surface area (Å²) in [5.41, 5.74) is 0.433. The Bertz CT molecular complexity index is 1520. The van der Waals surface area contributed by atoms with Gasteiger partial charge < -0.3 is 15.4 Å². The fourth-order valence-electron chi connectivity index (χ4n) is 3.20. The molecule has 10 nitrogen and oxygen atoms in total. The van der Waals surface area contributed by atoms with Crippen molar-refractivity contribution in [2.45, 2.75) is 32.4 Å². The maximum atomic E-state index is 14.4. The largest absolute Gasteiger partial charge is 0.493 e. The summed E-state index contributed by atoms with van der Waals surface area (Å²) in [6.07, 6.45) is 4.86. The molecule has 5 rings (SSSR count). The molecule has 1 aromatic carbocycles. The molecule has 0 saturated heterocycles. The molecule has 12 heteroatoms. The van der Waals surface area contributed by atoms with Crippen LogP contribution in [0.15, 0.2) is 28.1 Å². The summed E-state index contributed by atoms with van der Waals surface area (Å²) in [5, 5.41) is 17.4. The van der Waals surface area contributed by atoms with E-state index in [4.69, 9.17) is 0 Å². The molecule has 0 amide bonds. The van der Waals surface area contributed by atoms with Gasteiger partial charge in [-0.3, -0.25) is 4.98 Å². The molecule has 1 aliphatic rings. The van der Waals surface area contributed by atoms with Crippen LogP contribution >= 0.6 is 0 Å². The molecule has 1 saturated carbocycles. The first-order valence-electron chi connectivity index (χ1n) is 9.89. The highest BCUT2D eigenvalue weighted by Gasteiger charge is 2.21. The molecule has 4 N–H and O–H groups in total. The molecule has 1 fully saturated rings. The molecule has 0 bridgehead atoms. The van der Waals surface area contributed by atoms with Gasteiger partial charge in [0.05, 0.1) is 12.2 Å². The second-order valence-electron chi connectivity index (χ2n) is 7.54. The van der Waals surface area contributed by atoms with E-state index >= 15 is 0 Å². The van der Waals surface area contributed by atoms with Crippen molar-refractivity contribution in [3.8, 4) is 5.88 Å². The molecular weight excluding hydrogens is 422 g/mol. The average Bonchev–Trinajstić information content (AvgIpc) is 3.39. The predicted octanol–water partition coefficient (Wildman–Crippen LogP) is 0.656. The van der Waals surface area contributed by atoms with Crippen molar-refractivity contribution in [3.05, 3.63) is 68.1 Å². The van der Waals surface area contributed by atoms with Crippen LogP contribution in [0.3, 0.4) is 0 Å². The van der Waals surface area contributed by atoms with Gasteiger partial charge >= 0.3 is 5.69 Å². The van der Waals surface area contributed by atoms with Gasteiger partial charge in [0.2, 0.25) is 11.8 Å². The highest BCUT2D eigenvalue weighted by Crippen LogP contribution is 2.22. The highest BCUT2D eigenvalue weighted by molar-refractivity contribution is 5.57. The van der Waals surface area contributed by atoms with E-state index in [1.165, 1.54) is 28.9 Å². The standard InChI is InChI=1S/C20H18F2N8O2/c1-9-2-5-13(21)12(15(9)22)8-23-18-27-16-10(6-14-17(31)28-20(32)26-14)7-24-30(16)19(29-18)25-11-3-4-11/h2,5-7,11,31H,3-4,8H2,1H3,(H,23,25,29)(H2,26,28,32)/b10-6+. The highest BCUT2D eigenvalue weighted by atomic mass is 19.1. The third-order valence-electron chi connectivity index (χ3n) is 5.06. The van der Waals surface area contributed by atoms with E-state index in [9.17, 15) is 18.7 Å². The first-order chi connectivity index (χ1) is 15.4. The normalized spacial score (nSPS) is 15.1. The molecule has 0 radical (unpaired) electrons. The minimum absolute atomic E-state index is 0.110. The number of aryl methyl sites for hydroxylation is 1. The van der Waals surface area contributed by atoms with Gasteiger partial charge in [-0.2, -0.15) is 19.6 Å². The number of fused-ring (bicyclic) bond motifs is 1. The van der Waals surface area contributed by atoms with E-state index in [-0.39, 0.29) is 41.3 Å². The van der Waals surface area contributed by atoms with Crippen molar-refractivity contribution in [1.82, 2.24) is 29.5 Å². The first kappa shape index (κ1) is 19.8. The van der Waals surface area contributed by atoms with Crippen LogP contribution in [0.4, 0.5) is 14.7 Å². The lowest BCUT2D eigenvalue weighted by atomic mass is 10.1. The average molecular weight is 440 g/mol. The smallest absolute Gasteiger partial charge is 0.326 e. The van der Waals surface area contributed by atoms with Crippen LogP contribution in [0, 0.1) is 18.6 Å². The van der Waals surface area contributed by atoms with Gasteiger partial charge in [-0.05, 0) is 37.5 Å². The summed E-state index contributed by atoms with van der Waals surface area (Å²) in [6, 6.07) is 2.72. The Balaban J connectivity index is 1.60. The number of nitrogens with zero attached hydrogens (tertiary/aromatic N) is 5. The zero-order valence-corrected chi connectivity index (χ0v) is 16.9. The molecule has 0 atom stereocenters. The van der Waals surface area contributed by atoms with Crippen LogP contribution < -0.4 is 21.8 Å². The fraction of sp³-hybridized carbons (Fsp3) is 0.250. The zero-order valence-electron chi connectivity index (χ0n) is 16.9. The van der Waals surface area contributed by atoms with Crippen LogP contribution in [0.2, 0.25) is 0 Å². The van der Waals surface area contributed by atoms with E-state index in [1.54, 1.807) is 6.92 Å². The summed E-state index contributed by atoms with van der Waals surface area (Å²) in [4.78, 5) is 29.4. The number of hydrogen-bond acceptors (Lipinski definition) is 7. The molecule has 3 heterocycles. The number of aromatic amines is 2. The Hall–Kier alpha value is -4.09. The quantitative estimate of drug-likeness (QED) is 0.360. The van der Waals surface area contributed by atoms with E-state index in [0.29, 0.717) is 16.4 Å². The summed E-state index contributed by atoms with van der Waals surface area (Å²) in [5.74, 6) is -1.52. The number of imidazole rings is 1. The molecule has 0 unspecified atom stereocenters. The van der Waals surface area contributed by atoms with Gasteiger partial charge in [-0.25, -0.2) is 18.6 Å². The number of halogens is 2. The lowest BCUT2D eigenvalue weighted by Crippen LogP contribution is -2.25. The lowest BCUT2D eigenvalue weighted by molar-refractivity contribution is 0.454. The molecule has 1 aliphatic carbocycles. The van der Waals surface area contributed by atoms with Crippen LogP contribution in [0.5, 0.6) is 5.88 Å². The number of benzene rings is 1. The Labute approximate surface area is 178 Å². The van der Waals surface area contributed by atoms with Gasteiger partial charge in [0.15, 0.2) is 5.65 Å². The van der Waals surface area contributed by atoms with E-state index < -0.39 is 17.3 Å². The Morgan fingerprint density at radius 3 is 2.84 bits per heavy atom. The molecular formula is C20H18F2N8O2. The minimum Gasteiger partial charge on any atom is -0.493 e. The van der Waals surface area contributed by atoms with Crippen LogP contribution in [-0.2, 0) is 6.54 Å². The topological polar surface area (TPSA) is 136 Å². The van der Waals surface area contributed by atoms with Gasteiger partial charge in [0, 0.05) is 17.3 Å². The summed E-state index contributed by atoms with van der Waals surface area (Å²) >= 11 is 0. The number of anilines is 1. The molecule has 3 aromatic heterocycles. The summed E-state index contributed by atoms with van der Waals surface area (Å²) < 4.78 is 29.9. The number of nitrogens with one attached hydrogen (secondary N) is 3.